The molecule has 1 unspecified atom stereocenters. The lowest BCUT2D eigenvalue weighted by atomic mass is 10.4. The van der Waals surface area contributed by atoms with Crippen LogP contribution in [0.3, 0.4) is 0 Å². The van der Waals surface area contributed by atoms with Gasteiger partial charge in [-0.15, -0.1) is 0 Å². The second-order valence-electron chi connectivity index (χ2n) is 1.15. The zero-order valence-corrected chi connectivity index (χ0v) is 4.29. The molecule has 7 heavy (non-hydrogen) atoms. The normalized spacial score (nSPS) is 11.4. The molecule has 0 aliphatic carbocycles. The topological polar surface area (TPSA) is 13.6 Å². The van der Waals surface area contributed by atoms with E-state index in [1.165, 1.54) is 0 Å². The molecule has 0 fully saturated rings. The SMILES string of the molecule is C#[N+]OC(C)C=C. The Kier molecular flexibility index (Phi) is 2.78. The number of nitrogens with zero attached hydrogens (tertiary/aromatic N) is 1. The molecular formula is C5H8NO+. The predicted octanol–water partition coefficient (Wildman–Crippen LogP) is 1.46. The minimum absolute atomic E-state index is 0.0787. The fraction of sp³-hybridized carbons (Fsp3) is 0.400. The van der Waals surface area contributed by atoms with Gasteiger partial charge < -0.3 is 0 Å². The molecule has 2 heteroatoms. The summed E-state index contributed by atoms with van der Waals surface area (Å²) in [5.41, 5.74) is 0. The van der Waals surface area contributed by atoms with Crippen molar-refractivity contribution in [2.75, 3.05) is 0 Å². The monoisotopic (exact) mass is 98.1 g/mol. The van der Waals surface area contributed by atoms with Crippen molar-refractivity contribution in [1.82, 2.24) is 0 Å². The fourth-order valence-electron chi connectivity index (χ4n) is 0.139. The molecule has 2 nitrogen and oxygen atoms in total. The van der Waals surface area contributed by atoms with Gasteiger partial charge in [-0.05, 0) is 13.0 Å². The highest BCUT2D eigenvalue weighted by Crippen LogP contribution is 1.88. The van der Waals surface area contributed by atoms with E-state index in [1.54, 1.807) is 13.0 Å². The summed E-state index contributed by atoms with van der Waals surface area (Å²) in [5.74, 6) is 0. The van der Waals surface area contributed by atoms with Crippen LogP contribution in [0.15, 0.2) is 12.7 Å². The van der Waals surface area contributed by atoms with Gasteiger partial charge in [-0.3, -0.25) is 0 Å². The van der Waals surface area contributed by atoms with Crippen LogP contribution in [0.1, 0.15) is 6.92 Å². The smallest absolute Gasteiger partial charge is 0.157 e. The van der Waals surface area contributed by atoms with Crippen LogP contribution in [0, 0.1) is 6.57 Å². The molecule has 0 aromatic heterocycles. The molecular weight excluding hydrogens is 90.1 g/mol. The lowest BCUT2D eigenvalue weighted by Crippen LogP contribution is -1.94. The second kappa shape index (κ2) is 3.23. The van der Waals surface area contributed by atoms with E-state index >= 15 is 0 Å². The average molecular weight is 98.1 g/mol. The van der Waals surface area contributed by atoms with Crippen LogP contribution in [-0.4, -0.2) is 6.10 Å². The summed E-state index contributed by atoms with van der Waals surface area (Å²) in [7, 11) is 0. The summed E-state index contributed by atoms with van der Waals surface area (Å²) in [6.45, 7) is 9.89. The molecule has 0 bridgehead atoms. The van der Waals surface area contributed by atoms with Gasteiger partial charge in [0.1, 0.15) is 0 Å². The first-order chi connectivity index (χ1) is 3.31. The summed E-state index contributed by atoms with van der Waals surface area (Å²) in [5, 5.41) is 2.94. The van der Waals surface area contributed by atoms with E-state index in [2.05, 4.69) is 23.0 Å². The van der Waals surface area contributed by atoms with E-state index in [1.807, 2.05) is 0 Å². The third kappa shape index (κ3) is 2.84. The quantitative estimate of drug-likeness (QED) is 0.376. The van der Waals surface area contributed by atoms with Gasteiger partial charge in [0.05, 0.1) is 0 Å². The molecule has 0 rings (SSSR count). The van der Waals surface area contributed by atoms with Gasteiger partial charge in [-0.1, -0.05) is 6.58 Å². The molecule has 0 aliphatic rings. The van der Waals surface area contributed by atoms with E-state index in [9.17, 15) is 0 Å². The third-order valence-electron chi connectivity index (χ3n) is 0.559. The maximum atomic E-state index is 4.66. The van der Waals surface area contributed by atoms with Crippen molar-refractivity contribution in [2.45, 2.75) is 13.0 Å². The molecule has 1 atom stereocenters. The molecule has 38 valence electrons. The molecule has 0 aliphatic heterocycles. The van der Waals surface area contributed by atoms with Crippen LogP contribution in [0.25, 0.3) is 5.01 Å². The lowest BCUT2D eigenvalue weighted by molar-refractivity contribution is 0.199. The standard InChI is InChI=1S/C5H8NO/c1-4-5(2)7-6-3/h3-5H,1H2,2H3/q+1. The van der Waals surface area contributed by atoms with Crippen molar-refractivity contribution in [1.29, 1.82) is 0 Å². The lowest BCUT2D eigenvalue weighted by Gasteiger charge is -1.85. The molecule has 0 heterocycles. The largest absolute Gasteiger partial charge is 0.335 e. The van der Waals surface area contributed by atoms with Crippen molar-refractivity contribution in [2.24, 2.45) is 0 Å². The molecule has 0 aromatic carbocycles. The second-order valence-corrected chi connectivity index (χ2v) is 1.15. The van der Waals surface area contributed by atoms with Crippen molar-refractivity contribution in [3.8, 4) is 6.57 Å². The van der Waals surface area contributed by atoms with E-state index < -0.39 is 0 Å². The van der Waals surface area contributed by atoms with Crippen molar-refractivity contribution in [3.05, 3.63) is 17.7 Å². The van der Waals surface area contributed by atoms with Gasteiger partial charge in [-0.2, -0.15) is 4.84 Å². The highest BCUT2D eigenvalue weighted by molar-refractivity contribution is 4.75. The zero-order chi connectivity index (χ0) is 5.70. The maximum absolute atomic E-state index is 4.66. The first-order valence-electron chi connectivity index (χ1n) is 2.00. The van der Waals surface area contributed by atoms with Gasteiger partial charge in [0, 0.05) is 0 Å². The number of hydrogen-bond acceptors (Lipinski definition) is 1. The predicted molar refractivity (Wildman–Crippen MR) is 29.0 cm³/mol. The van der Waals surface area contributed by atoms with Crippen LogP contribution in [0.2, 0.25) is 0 Å². The Morgan fingerprint density at radius 1 is 2.00 bits per heavy atom. The van der Waals surface area contributed by atoms with Crippen LogP contribution < -0.4 is 0 Å². The van der Waals surface area contributed by atoms with Gasteiger partial charge in [0.2, 0.25) is 11.1 Å². The minimum atomic E-state index is -0.0787. The van der Waals surface area contributed by atoms with Crippen LogP contribution in [0.4, 0.5) is 0 Å². The van der Waals surface area contributed by atoms with Crippen LogP contribution in [-0.2, 0) is 4.84 Å². The Hall–Kier alpha value is -0.970. The van der Waals surface area contributed by atoms with E-state index in [0.717, 1.165) is 0 Å². The fourth-order valence-corrected chi connectivity index (χ4v) is 0.139. The first kappa shape index (κ1) is 6.03. The Balaban J connectivity index is 3.21. The summed E-state index contributed by atoms with van der Waals surface area (Å²) < 4.78 is 0. The maximum Gasteiger partial charge on any atom is 0.335 e. The highest BCUT2D eigenvalue weighted by atomic mass is 16.6. The molecule has 0 radical (unpaired) electrons. The molecule has 0 N–H and O–H groups in total. The van der Waals surface area contributed by atoms with Crippen LogP contribution in [0.5, 0.6) is 0 Å². The number of hydrogen-bond donors (Lipinski definition) is 0. The van der Waals surface area contributed by atoms with Crippen molar-refractivity contribution < 1.29 is 4.84 Å². The minimum Gasteiger partial charge on any atom is -0.157 e. The summed E-state index contributed by atoms with van der Waals surface area (Å²) in [6.07, 6.45) is 1.53. The summed E-state index contributed by atoms with van der Waals surface area (Å²) >= 11 is 0. The zero-order valence-electron chi connectivity index (χ0n) is 4.29. The Morgan fingerprint density at radius 3 is 2.71 bits per heavy atom. The molecule has 0 amide bonds. The van der Waals surface area contributed by atoms with Crippen LogP contribution >= 0.6 is 0 Å². The first-order valence-corrected chi connectivity index (χ1v) is 2.00. The molecule has 0 saturated heterocycles. The van der Waals surface area contributed by atoms with E-state index in [0.29, 0.717) is 0 Å². The van der Waals surface area contributed by atoms with Crippen molar-refractivity contribution >= 4 is 0 Å². The molecule has 0 aromatic rings. The number of rotatable bonds is 2. The van der Waals surface area contributed by atoms with Gasteiger partial charge in [-0.25, -0.2) is 0 Å². The molecule has 0 saturated carbocycles. The average Bonchev–Trinajstić information content (AvgIpc) is 1.68. The summed E-state index contributed by atoms with van der Waals surface area (Å²) in [6, 6.07) is 0. The van der Waals surface area contributed by atoms with Gasteiger partial charge in [0.25, 0.3) is 0 Å². The van der Waals surface area contributed by atoms with Gasteiger partial charge >= 0.3 is 6.57 Å². The third-order valence-corrected chi connectivity index (χ3v) is 0.559. The Labute approximate surface area is 43.2 Å². The Bertz CT molecular complexity index is 92.7. The highest BCUT2D eigenvalue weighted by Gasteiger charge is 1.96. The summed E-state index contributed by atoms with van der Waals surface area (Å²) in [4.78, 5) is 4.48. The van der Waals surface area contributed by atoms with Crippen molar-refractivity contribution in [3.63, 3.8) is 0 Å². The van der Waals surface area contributed by atoms with Gasteiger partial charge in [0.15, 0.2) is 0 Å². The Morgan fingerprint density at radius 2 is 2.57 bits per heavy atom. The molecule has 0 spiro atoms. The van der Waals surface area contributed by atoms with E-state index in [-0.39, 0.29) is 6.10 Å². The van der Waals surface area contributed by atoms with E-state index in [4.69, 9.17) is 0 Å².